The summed E-state index contributed by atoms with van der Waals surface area (Å²) in [4.78, 5) is 4.22. The highest BCUT2D eigenvalue weighted by molar-refractivity contribution is 4.92. The van der Waals surface area contributed by atoms with Crippen LogP contribution in [0.1, 0.15) is 25.1 Å². The first-order chi connectivity index (χ1) is 6.88. The van der Waals surface area contributed by atoms with Crippen molar-refractivity contribution in [2.24, 2.45) is 5.73 Å². The summed E-state index contributed by atoms with van der Waals surface area (Å²) in [5.74, 6) is 1.05. The van der Waals surface area contributed by atoms with E-state index in [2.05, 4.69) is 15.6 Å². The van der Waals surface area contributed by atoms with Crippen LogP contribution in [0.15, 0.2) is 12.4 Å². The van der Waals surface area contributed by atoms with Gasteiger partial charge in [0.05, 0.1) is 6.07 Å². The van der Waals surface area contributed by atoms with Gasteiger partial charge in [-0.05, 0) is 19.4 Å². The van der Waals surface area contributed by atoms with Crippen LogP contribution in [0.3, 0.4) is 0 Å². The maximum absolute atomic E-state index is 8.38. The quantitative estimate of drug-likeness (QED) is 0.686. The Hall–Kier alpha value is -1.34. The fraction of sp³-hybridized carbons (Fsp3) is 0.600. The Bertz CT molecular complexity index is 297. The third-order valence-electron chi connectivity index (χ3n) is 2.11. The summed E-state index contributed by atoms with van der Waals surface area (Å²) in [6.07, 6.45) is 7.22. The fourth-order valence-electron chi connectivity index (χ4n) is 1.39. The van der Waals surface area contributed by atoms with Crippen LogP contribution in [0.4, 0.5) is 0 Å². The number of aryl methyl sites for hydroxylation is 1. The van der Waals surface area contributed by atoms with Crippen LogP contribution in [-0.4, -0.2) is 16.1 Å². The van der Waals surface area contributed by atoms with Gasteiger partial charge in [0.15, 0.2) is 0 Å². The van der Waals surface area contributed by atoms with Crippen molar-refractivity contribution in [3.05, 3.63) is 18.2 Å². The monoisotopic (exact) mass is 192 g/mol. The maximum Gasteiger partial charge on any atom is 0.109 e. The van der Waals surface area contributed by atoms with Gasteiger partial charge in [-0.25, -0.2) is 4.98 Å². The van der Waals surface area contributed by atoms with Gasteiger partial charge in [-0.2, -0.15) is 5.26 Å². The van der Waals surface area contributed by atoms with Crippen molar-refractivity contribution in [3.63, 3.8) is 0 Å². The molecule has 0 unspecified atom stereocenters. The number of rotatable bonds is 6. The molecule has 14 heavy (non-hydrogen) atoms. The average Bonchev–Trinajstić information content (AvgIpc) is 2.61. The van der Waals surface area contributed by atoms with Crippen LogP contribution in [-0.2, 0) is 13.0 Å². The largest absolute Gasteiger partial charge is 0.335 e. The molecule has 1 rings (SSSR count). The molecule has 0 atom stereocenters. The van der Waals surface area contributed by atoms with Crippen LogP contribution >= 0.6 is 0 Å². The number of hydrogen-bond donors (Lipinski definition) is 1. The number of aromatic nitrogens is 2. The van der Waals surface area contributed by atoms with Crippen molar-refractivity contribution in [2.75, 3.05) is 6.54 Å². The van der Waals surface area contributed by atoms with Gasteiger partial charge in [-0.15, -0.1) is 0 Å². The van der Waals surface area contributed by atoms with E-state index in [4.69, 9.17) is 11.0 Å². The predicted molar refractivity (Wildman–Crippen MR) is 54.4 cm³/mol. The molecule has 0 saturated carbocycles. The standard InChI is InChI=1S/C10H16N4/c11-5-2-1-3-8-14-9-7-13-10(14)4-6-12/h7,9H,1-4,6,8,12H2. The lowest BCUT2D eigenvalue weighted by Gasteiger charge is -2.05. The summed E-state index contributed by atoms with van der Waals surface area (Å²) >= 11 is 0. The molecule has 4 nitrogen and oxygen atoms in total. The second kappa shape index (κ2) is 6.17. The van der Waals surface area contributed by atoms with Crippen molar-refractivity contribution < 1.29 is 0 Å². The Morgan fingerprint density at radius 2 is 2.36 bits per heavy atom. The molecular weight excluding hydrogens is 176 g/mol. The summed E-state index contributed by atoms with van der Waals surface area (Å²) in [5.41, 5.74) is 5.47. The van der Waals surface area contributed by atoms with Gasteiger partial charge >= 0.3 is 0 Å². The van der Waals surface area contributed by atoms with E-state index in [0.29, 0.717) is 13.0 Å². The van der Waals surface area contributed by atoms with Gasteiger partial charge in [-0.1, -0.05) is 0 Å². The highest BCUT2D eigenvalue weighted by Crippen LogP contribution is 2.02. The molecule has 0 aliphatic carbocycles. The summed E-state index contributed by atoms with van der Waals surface area (Å²) < 4.78 is 2.12. The zero-order chi connectivity index (χ0) is 10.2. The molecule has 0 spiro atoms. The van der Waals surface area contributed by atoms with Crippen molar-refractivity contribution >= 4 is 0 Å². The average molecular weight is 192 g/mol. The highest BCUT2D eigenvalue weighted by atomic mass is 15.1. The first kappa shape index (κ1) is 10.7. The molecule has 0 aliphatic heterocycles. The van der Waals surface area contributed by atoms with E-state index in [1.54, 1.807) is 6.20 Å². The zero-order valence-electron chi connectivity index (χ0n) is 8.32. The Morgan fingerprint density at radius 3 is 3.07 bits per heavy atom. The minimum atomic E-state index is 0.634. The number of imidazole rings is 1. The molecule has 0 bridgehead atoms. The van der Waals surface area contributed by atoms with Crippen molar-refractivity contribution in [2.45, 2.75) is 32.2 Å². The van der Waals surface area contributed by atoms with Gasteiger partial charge in [0, 0.05) is 31.8 Å². The van der Waals surface area contributed by atoms with Gasteiger partial charge in [0.1, 0.15) is 5.82 Å². The summed E-state index contributed by atoms with van der Waals surface area (Å²) in [6, 6.07) is 2.14. The normalized spacial score (nSPS) is 10.0. The number of nitriles is 1. The Kier molecular flexibility index (Phi) is 4.73. The SMILES string of the molecule is N#CCCCCn1ccnc1CCN. The van der Waals surface area contributed by atoms with E-state index in [1.807, 2.05) is 6.20 Å². The molecule has 0 radical (unpaired) electrons. The van der Waals surface area contributed by atoms with Crippen LogP contribution in [0.25, 0.3) is 0 Å². The first-order valence-electron chi connectivity index (χ1n) is 4.95. The fourth-order valence-corrected chi connectivity index (χ4v) is 1.39. The summed E-state index contributed by atoms with van der Waals surface area (Å²) in [5, 5.41) is 8.38. The molecule has 1 heterocycles. The lowest BCUT2D eigenvalue weighted by Crippen LogP contribution is -2.09. The molecule has 0 aromatic carbocycles. The molecule has 2 N–H and O–H groups in total. The molecule has 0 saturated heterocycles. The highest BCUT2D eigenvalue weighted by Gasteiger charge is 2.00. The summed E-state index contributed by atoms with van der Waals surface area (Å²) in [6.45, 7) is 1.58. The third kappa shape index (κ3) is 3.19. The molecule has 76 valence electrons. The Balaban J connectivity index is 2.34. The van der Waals surface area contributed by atoms with Gasteiger partial charge in [0.25, 0.3) is 0 Å². The number of nitrogens with two attached hydrogens (primary N) is 1. The lowest BCUT2D eigenvalue weighted by atomic mass is 10.2. The molecule has 0 aliphatic rings. The molecular formula is C10H16N4. The van der Waals surface area contributed by atoms with Crippen molar-refractivity contribution in [3.8, 4) is 6.07 Å². The maximum atomic E-state index is 8.38. The van der Waals surface area contributed by atoms with Gasteiger partial charge < -0.3 is 10.3 Å². The van der Waals surface area contributed by atoms with Crippen LogP contribution in [0.5, 0.6) is 0 Å². The molecule has 0 amide bonds. The Morgan fingerprint density at radius 1 is 1.50 bits per heavy atom. The zero-order valence-corrected chi connectivity index (χ0v) is 8.32. The minimum absolute atomic E-state index is 0.634. The van der Waals surface area contributed by atoms with Gasteiger partial charge in [-0.3, -0.25) is 0 Å². The van der Waals surface area contributed by atoms with Crippen molar-refractivity contribution in [1.82, 2.24) is 9.55 Å². The second-order valence-corrected chi connectivity index (χ2v) is 3.19. The van der Waals surface area contributed by atoms with E-state index < -0.39 is 0 Å². The molecule has 0 fully saturated rings. The molecule has 4 heteroatoms. The number of unbranched alkanes of at least 4 members (excludes halogenated alkanes) is 2. The number of nitrogens with zero attached hydrogens (tertiary/aromatic N) is 3. The number of hydrogen-bond acceptors (Lipinski definition) is 3. The van der Waals surface area contributed by atoms with Crippen molar-refractivity contribution in [1.29, 1.82) is 5.26 Å². The minimum Gasteiger partial charge on any atom is -0.335 e. The van der Waals surface area contributed by atoms with E-state index in [-0.39, 0.29) is 0 Å². The first-order valence-corrected chi connectivity index (χ1v) is 4.95. The van der Waals surface area contributed by atoms with Crippen LogP contribution in [0, 0.1) is 11.3 Å². The van der Waals surface area contributed by atoms with E-state index in [0.717, 1.165) is 31.6 Å². The third-order valence-corrected chi connectivity index (χ3v) is 2.11. The second-order valence-electron chi connectivity index (χ2n) is 3.19. The molecule has 1 aromatic heterocycles. The molecule has 1 aromatic rings. The Labute approximate surface area is 84.4 Å². The predicted octanol–water partition coefficient (Wildman–Crippen LogP) is 1.08. The van der Waals surface area contributed by atoms with Crippen LogP contribution < -0.4 is 5.73 Å². The lowest BCUT2D eigenvalue weighted by molar-refractivity contribution is 0.590. The summed E-state index contributed by atoms with van der Waals surface area (Å²) in [7, 11) is 0. The van der Waals surface area contributed by atoms with E-state index in [9.17, 15) is 0 Å². The smallest absolute Gasteiger partial charge is 0.109 e. The topological polar surface area (TPSA) is 67.6 Å². The van der Waals surface area contributed by atoms with E-state index in [1.165, 1.54) is 0 Å². The van der Waals surface area contributed by atoms with E-state index >= 15 is 0 Å². The van der Waals surface area contributed by atoms with Gasteiger partial charge in [0.2, 0.25) is 0 Å². The van der Waals surface area contributed by atoms with Crippen LogP contribution in [0.2, 0.25) is 0 Å².